The molecule has 1 atom stereocenters. The number of nitrogens with one attached hydrogen (secondary N) is 1. The molecule has 4 aromatic rings. The molecule has 0 radical (unpaired) electrons. The predicted molar refractivity (Wildman–Crippen MR) is 120 cm³/mol. The number of rotatable bonds is 2. The van der Waals surface area contributed by atoms with Crippen LogP contribution in [-0.2, 0) is 0 Å². The number of hydrogen-bond acceptors (Lipinski definition) is 7. The van der Waals surface area contributed by atoms with E-state index < -0.39 is 0 Å². The van der Waals surface area contributed by atoms with Crippen molar-refractivity contribution in [2.24, 2.45) is 0 Å². The molecule has 4 aromatic heterocycles. The van der Waals surface area contributed by atoms with E-state index in [2.05, 4.69) is 31.3 Å². The molecule has 0 saturated carbocycles. The van der Waals surface area contributed by atoms with Gasteiger partial charge in [-0.2, -0.15) is 4.98 Å². The highest BCUT2D eigenvalue weighted by atomic mass is 32.1. The zero-order valence-electron chi connectivity index (χ0n) is 17.1. The van der Waals surface area contributed by atoms with E-state index in [1.54, 1.807) is 15.6 Å². The number of anilines is 3. The average molecular weight is 433 g/mol. The molecule has 1 N–H and O–H groups in total. The number of carbonyl (C=O) groups excluding carboxylic acids is 1. The zero-order chi connectivity index (χ0) is 21.1. The summed E-state index contributed by atoms with van der Waals surface area (Å²) in [4.78, 5) is 31.8. The summed E-state index contributed by atoms with van der Waals surface area (Å²) in [6, 6.07) is 7.83. The summed E-state index contributed by atoms with van der Waals surface area (Å²) in [7, 11) is 0. The van der Waals surface area contributed by atoms with E-state index in [0.29, 0.717) is 11.8 Å². The van der Waals surface area contributed by atoms with Crippen molar-refractivity contribution in [1.29, 1.82) is 0 Å². The Labute approximate surface area is 182 Å². The van der Waals surface area contributed by atoms with E-state index in [4.69, 9.17) is 4.98 Å². The smallest absolute Gasteiger partial charge is 0.330 e. The Morgan fingerprint density at radius 1 is 1.23 bits per heavy atom. The number of aromatic nitrogens is 5. The van der Waals surface area contributed by atoms with E-state index in [1.165, 1.54) is 11.3 Å². The Morgan fingerprint density at radius 3 is 2.97 bits per heavy atom. The lowest BCUT2D eigenvalue weighted by molar-refractivity contribution is 0.254. The minimum atomic E-state index is -0.251. The van der Waals surface area contributed by atoms with Gasteiger partial charge in [0.2, 0.25) is 4.96 Å². The minimum Gasteiger partial charge on any atom is -0.366 e. The highest BCUT2D eigenvalue weighted by molar-refractivity contribution is 7.15. The van der Waals surface area contributed by atoms with E-state index in [9.17, 15) is 4.79 Å². The third-order valence-corrected chi connectivity index (χ3v) is 6.76. The summed E-state index contributed by atoms with van der Waals surface area (Å²) < 4.78 is 1.74. The molecule has 2 aliphatic heterocycles. The first-order chi connectivity index (χ1) is 15.1. The van der Waals surface area contributed by atoms with Crippen LogP contribution in [0.2, 0.25) is 0 Å². The molecular weight excluding hydrogens is 412 g/mol. The van der Waals surface area contributed by atoms with Crippen molar-refractivity contribution in [2.45, 2.75) is 26.3 Å². The molecule has 2 aliphatic rings. The number of urea groups is 1. The lowest BCUT2D eigenvalue weighted by Gasteiger charge is -2.35. The van der Waals surface area contributed by atoms with Crippen LogP contribution in [0.1, 0.15) is 17.8 Å². The summed E-state index contributed by atoms with van der Waals surface area (Å²) >= 11 is 1.50. The van der Waals surface area contributed by atoms with Crippen molar-refractivity contribution >= 4 is 39.8 Å². The Balaban J connectivity index is 1.38. The molecule has 2 bridgehead atoms. The van der Waals surface area contributed by atoms with Crippen molar-refractivity contribution in [1.82, 2.24) is 24.6 Å². The molecule has 0 aromatic carbocycles. The summed E-state index contributed by atoms with van der Waals surface area (Å²) in [5.74, 6) is 0.984. The molecule has 31 heavy (non-hydrogen) atoms. The van der Waals surface area contributed by atoms with E-state index >= 15 is 0 Å². The van der Waals surface area contributed by atoms with Gasteiger partial charge < -0.3 is 4.90 Å². The fraction of sp³-hybridized carbons (Fsp3) is 0.286. The van der Waals surface area contributed by atoms with Crippen LogP contribution in [0.3, 0.4) is 0 Å². The quantitative estimate of drug-likeness (QED) is 0.521. The van der Waals surface area contributed by atoms with Crippen LogP contribution in [0, 0.1) is 13.8 Å². The van der Waals surface area contributed by atoms with Gasteiger partial charge in [-0.1, -0.05) is 0 Å². The number of nitrogens with zero attached hydrogens (tertiary/aromatic N) is 7. The maximum atomic E-state index is 13.4. The average Bonchev–Trinajstić information content (AvgIpc) is 3.45. The first kappa shape index (κ1) is 18.3. The number of hydrogen-bond donors (Lipinski definition) is 1. The van der Waals surface area contributed by atoms with Crippen molar-refractivity contribution in [2.75, 3.05) is 28.2 Å². The maximum Gasteiger partial charge on any atom is 0.330 e. The summed E-state index contributed by atoms with van der Waals surface area (Å²) in [6.07, 6.45) is 2.68. The van der Waals surface area contributed by atoms with Crippen LogP contribution < -0.4 is 15.1 Å². The molecule has 6 heterocycles. The van der Waals surface area contributed by atoms with Gasteiger partial charge in [0, 0.05) is 35.9 Å². The lowest BCUT2D eigenvalue weighted by Crippen LogP contribution is -2.48. The fourth-order valence-corrected chi connectivity index (χ4v) is 5.14. The van der Waals surface area contributed by atoms with Gasteiger partial charge in [-0.15, -0.1) is 16.4 Å². The Kier molecular flexibility index (Phi) is 3.97. The Bertz CT molecular complexity index is 1330. The molecule has 10 heteroatoms. The number of pyridine rings is 2. The first-order valence-electron chi connectivity index (χ1n) is 10.2. The number of fused-ring (bicyclic) bond motifs is 5. The van der Waals surface area contributed by atoms with Gasteiger partial charge in [0.05, 0.1) is 23.1 Å². The van der Waals surface area contributed by atoms with Crippen LogP contribution >= 0.6 is 11.3 Å². The van der Waals surface area contributed by atoms with Crippen molar-refractivity contribution in [3.63, 3.8) is 0 Å². The molecule has 6 rings (SSSR count). The third kappa shape index (κ3) is 2.94. The predicted octanol–water partition coefficient (Wildman–Crippen LogP) is 3.50. The van der Waals surface area contributed by atoms with E-state index in [0.717, 1.165) is 52.8 Å². The monoisotopic (exact) mass is 432 g/mol. The molecule has 0 aliphatic carbocycles. The number of aryl methyl sites for hydroxylation is 2. The fourth-order valence-electron chi connectivity index (χ4n) is 4.34. The molecule has 1 unspecified atom stereocenters. The van der Waals surface area contributed by atoms with Crippen molar-refractivity contribution < 1.29 is 4.79 Å². The van der Waals surface area contributed by atoms with Crippen LogP contribution in [0.4, 0.5) is 22.2 Å². The number of thiazole rings is 1. The summed E-state index contributed by atoms with van der Waals surface area (Å²) in [6.45, 7) is 5.64. The van der Waals surface area contributed by atoms with Gasteiger partial charge in [0.15, 0.2) is 5.82 Å². The van der Waals surface area contributed by atoms with Crippen LogP contribution in [0.15, 0.2) is 35.8 Å². The lowest BCUT2D eigenvalue weighted by atomic mass is 10.1. The molecule has 0 spiro atoms. The molecule has 2 amide bonds. The highest BCUT2D eigenvalue weighted by Gasteiger charge is 2.40. The molecule has 156 valence electrons. The second kappa shape index (κ2) is 6.74. The summed E-state index contributed by atoms with van der Waals surface area (Å²) in [5, 5.41) is 9.29. The molecule has 1 saturated heterocycles. The Morgan fingerprint density at radius 2 is 2.13 bits per heavy atom. The first-order valence-corrected chi connectivity index (χ1v) is 11.0. The van der Waals surface area contributed by atoms with Crippen molar-refractivity contribution in [3.8, 4) is 11.3 Å². The largest absolute Gasteiger partial charge is 0.366 e. The van der Waals surface area contributed by atoms with Crippen molar-refractivity contribution in [3.05, 3.63) is 47.2 Å². The second-order valence-corrected chi connectivity index (χ2v) is 8.76. The second-order valence-electron chi connectivity index (χ2n) is 7.92. The van der Waals surface area contributed by atoms with Gasteiger partial charge >= 0.3 is 6.03 Å². The van der Waals surface area contributed by atoms with Crippen LogP contribution in [0.25, 0.3) is 16.2 Å². The molecule has 1 fully saturated rings. The number of amides is 2. The van der Waals surface area contributed by atoms with Crippen LogP contribution in [-0.4, -0.2) is 49.7 Å². The molecule has 9 nitrogen and oxygen atoms in total. The zero-order valence-corrected chi connectivity index (χ0v) is 17.9. The molecular formula is C21H20N8OS. The maximum absolute atomic E-state index is 13.4. The number of carbonyl (C=O) groups is 1. The normalized spacial score (nSPS) is 17.3. The van der Waals surface area contributed by atoms with Crippen LogP contribution in [0.5, 0.6) is 0 Å². The van der Waals surface area contributed by atoms with Gasteiger partial charge in [-0.05, 0) is 44.5 Å². The highest BCUT2D eigenvalue weighted by Crippen LogP contribution is 2.40. The van der Waals surface area contributed by atoms with Gasteiger partial charge in [-0.3, -0.25) is 15.2 Å². The van der Waals surface area contributed by atoms with Gasteiger partial charge in [0.1, 0.15) is 0 Å². The van der Waals surface area contributed by atoms with E-state index in [1.807, 2.05) is 37.4 Å². The topological polar surface area (TPSA) is 91.5 Å². The van der Waals surface area contributed by atoms with Gasteiger partial charge in [-0.25, -0.2) is 14.3 Å². The standard InChI is InChI=1S/C21H20N8OS/c1-12-9-14(5-7-22-12)16-3-4-17-18(23-16)28(15-6-8-27(17)10-15)20(30)24-19-25-21-29(26-19)13(2)11-31-21/h3-5,7,9,11,15H,6,8,10H2,1-2H3,(H,24,26,30). The minimum absolute atomic E-state index is 0.0693. The SMILES string of the molecule is Cc1cc(-c2ccc3c(n2)N(C(=O)Nc2nc4scc(C)n4n2)C2CCN3C2)ccn1. The van der Waals surface area contributed by atoms with E-state index in [-0.39, 0.29) is 12.1 Å². The third-order valence-electron chi connectivity index (χ3n) is 5.83. The summed E-state index contributed by atoms with van der Waals surface area (Å²) in [5.41, 5.74) is 4.70. The Hall–Kier alpha value is -3.53. The van der Waals surface area contributed by atoms with Gasteiger partial charge in [0.25, 0.3) is 5.95 Å².